The second-order valence-electron chi connectivity index (χ2n) is 7.07. The number of carbonyl (C=O) groups excluding carboxylic acids is 2. The molecular weight excluding hydrogens is 458 g/mol. The lowest BCUT2D eigenvalue weighted by Gasteiger charge is -2.18. The first kappa shape index (κ1) is 23.9. The summed E-state index contributed by atoms with van der Waals surface area (Å²) < 4.78 is 42.5. The largest absolute Gasteiger partial charge is 0.486 e. The van der Waals surface area contributed by atoms with Crippen LogP contribution in [0.3, 0.4) is 0 Å². The lowest BCUT2D eigenvalue weighted by Crippen LogP contribution is -2.31. The maximum atomic E-state index is 12.4. The number of nitrogens with zero attached hydrogens (tertiary/aromatic N) is 2. The van der Waals surface area contributed by atoms with E-state index in [2.05, 4.69) is 0 Å². The van der Waals surface area contributed by atoms with Crippen LogP contribution in [-0.2, 0) is 19.6 Å². The summed E-state index contributed by atoms with van der Waals surface area (Å²) in [5.41, 5.74) is 0.0485. The first-order valence-corrected chi connectivity index (χ1v) is 11.1. The Hall–Kier alpha value is -3.71. The lowest BCUT2D eigenvalue weighted by molar-refractivity contribution is -0.384. The number of sulfonamides is 1. The first-order chi connectivity index (χ1) is 15.6. The Morgan fingerprint density at radius 1 is 1.12 bits per heavy atom. The van der Waals surface area contributed by atoms with Gasteiger partial charge in [0, 0.05) is 25.7 Å². The Morgan fingerprint density at radius 2 is 1.82 bits per heavy atom. The van der Waals surface area contributed by atoms with Crippen LogP contribution in [0, 0.1) is 10.1 Å². The van der Waals surface area contributed by atoms with Gasteiger partial charge in [-0.3, -0.25) is 19.7 Å². The second kappa shape index (κ2) is 9.83. The molecule has 1 heterocycles. The number of nitrogens with one attached hydrogen (secondary N) is 1. The van der Waals surface area contributed by atoms with Gasteiger partial charge < -0.3 is 19.1 Å². The maximum Gasteiger partial charge on any atom is 0.321 e. The number of hydrogen-bond donors (Lipinski definition) is 1. The zero-order valence-electron chi connectivity index (χ0n) is 17.8. The Bertz CT molecular complexity index is 1200. The van der Waals surface area contributed by atoms with Crippen LogP contribution in [0.25, 0.3) is 0 Å². The highest BCUT2D eigenvalue weighted by Gasteiger charge is 2.23. The molecule has 13 heteroatoms. The number of benzene rings is 2. The molecule has 1 N–H and O–H groups in total. The van der Waals surface area contributed by atoms with Gasteiger partial charge in [-0.2, -0.15) is 4.72 Å². The molecule has 3 rings (SSSR count). The number of ether oxygens (including phenoxy) is 3. The molecule has 176 valence electrons. The van der Waals surface area contributed by atoms with E-state index in [1.54, 1.807) is 20.2 Å². The Balaban J connectivity index is 1.58. The average Bonchev–Trinajstić information content (AvgIpc) is 2.80. The molecule has 0 aliphatic carbocycles. The standard InChI is InChI=1S/C20H21N3O9S/c1-22(2)15-5-4-14(10-16(15)23(26)27)33(28,29)21-11-20(25)32-12-17(24)13-3-6-18-19(9-13)31-8-7-30-18/h3-6,9-10,21H,7-8,11-12H2,1-2H3. The molecule has 0 radical (unpaired) electrons. The molecule has 0 spiro atoms. The molecule has 0 unspecified atom stereocenters. The summed E-state index contributed by atoms with van der Waals surface area (Å²) in [5, 5.41) is 11.3. The molecule has 0 saturated carbocycles. The predicted molar refractivity (Wildman–Crippen MR) is 115 cm³/mol. The molecule has 0 amide bonds. The third-order valence-electron chi connectivity index (χ3n) is 4.57. The van der Waals surface area contributed by atoms with Crippen molar-refractivity contribution in [3.63, 3.8) is 0 Å². The van der Waals surface area contributed by atoms with Crippen LogP contribution < -0.4 is 19.1 Å². The fourth-order valence-corrected chi connectivity index (χ4v) is 3.92. The molecule has 2 aromatic rings. The van der Waals surface area contributed by atoms with Crippen LogP contribution in [0.1, 0.15) is 10.4 Å². The molecule has 1 aliphatic rings. The fraction of sp³-hybridized carbons (Fsp3) is 0.300. The maximum absolute atomic E-state index is 12.4. The quantitative estimate of drug-likeness (QED) is 0.240. The van der Waals surface area contributed by atoms with Crippen molar-refractivity contribution in [3.05, 3.63) is 52.1 Å². The molecule has 0 atom stereocenters. The Labute approximate surface area is 189 Å². The van der Waals surface area contributed by atoms with Gasteiger partial charge in [-0.25, -0.2) is 8.42 Å². The Kier molecular flexibility index (Phi) is 7.13. The fourth-order valence-electron chi connectivity index (χ4n) is 2.93. The van der Waals surface area contributed by atoms with Gasteiger partial charge in [0.05, 0.1) is 9.82 Å². The van der Waals surface area contributed by atoms with E-state index in [4.69, 9.17) is 14.2 Å². The number of Topliss-reactive ketones (excluding diaryl/α,β-unsaturated/α-hetero) is 1. The SMILES string of the molecule is CN(C)c1ccc(S(=O)(=O)NCC(=O)OCC(=O)c2ccc3c(c2)OCCO3)cc1[N+](=O)[O-]. The summed E-state index contributed by atoms with van der Waals surface area (Å²) in [6.07, 6.45) is 0. The van der Waals surface area contributed by atoms with Crippen molar-refractivity contribution in [2.75, 3.05) is 45.4 Å². The number of hydrogen-bond acceptors (Lipinski definition) is 10. The van der Waals surface area contributed by atoms with Crippen molar-refractivity contribution in [3.8, 4) is 11.5 Å². The summed E-state index contributed by atoms with van der Waals surface area (Å²) in [5.74, 6) is -0.606. The van der Waals surface area contributed by atoms with Gasteiger partial charge in [-0.05, 0) is 30.3 Å². The molecule has 0 aromatic heterocycles. The predicted octanol–water partition coefficient (Wildman–Crippen LogP) is 1.14. The van der Waals surface area contributed by atoms with Gasteiger partial charge >= 0.3 is 5.97 Å². The highest BCUT2D eigenvalue weighted by atomic mass is 32.2. The molecular formula is C20H21N3O9S. The monoisotopic (exact) mass is 479 g/mol. The number of esters is 1. The number of rotatable bonds is 9. The Morgan fingerprint density at radius 3 is 2.48 bits per heavy atom. The zero-order valence-corrected chi connectivity index (χ0v) is 18.6. The van der Waals surface area contributed by atoms with Crippen LogP contribution >= 0.6 is 0 Å². The van der Waals surface area contributed by atoms with E-state index in [0.29, 0.717) is 24.7 Å². The average molecular weight is 479 g/mol. The first-order valence-electron chi connectivity index (χ1n) is 9.62. The van der Waals surface area contributed by atoms with Crippen LogP contribution in [0.5, 0.6) is 11.5 Å². The van der Waals surface area contributed by atoms with Gasteiger partial charge in [0.25, 0.3) is 5.69 Å². The molecule has 0 saturated heterocycles. The molecule has 2 aromatic carbocycles. The summed E-state index contributed by atoms with van der Waals surface area (Å²) in [6, 6.07) is 7.90. The molecule has 0 bridgehead atoms. The molecule has 1 aliphatic heterocycles. The van der Waals surface area contributed by atoms with Crippen molar-refractivity contribution in [1.29, 1.82) is 0 Å². The number of nitro groups is 1. The van der Waals surface area contributed by atoms with Crippen molar-refractivity contribution in [1.82, 2.24) is 4.72 Å². The van der Waals surface area contributed by atoms with E-state index in [1.807, 2.05) is 4.72 Å². The van der Waals surface area contributed by atoms with Crippen molar-refractivity contribution >= 4 is 33.2 Å². The smallest absolute Gasteiger partial charge is 0.321 e. The third kappa shape index (κ3) is 5.75. The number of carbonyl (C=O) groups is 2. The highest BCUT2D eigenvalue weighted by molar-refractivity contribution is 7.89. The summed E-state index contributed by atoms with van der Waals surface area (Å²) in [6.45, 7) is -0.620. The van der Waals surface area contributed by atoms with E-state index in [0.717, 1.165) is 6.07 Å². The van der Waals surface area contributed by atoms with E-state index in [1.165, 1.54) is 29.2 Å². The van der Waals surface area contributed by atoms with Gasteiger partial charge in [-0.15, -0.1) is 0 Å². The van der Waals surface area contributed by atoms with Crippen LogP contribution in [0.4, 0.5) is 11.4 Å². The topological polar surface area (TPSA) is 154 Å². The van der Waals surface area contributed by atoms with Crippen LogP contribution in [-0.4, -0.2) is 65.6 Å². The number of fused-ring (bicyclic) bond motifs is 1. The van der Waals surface area contributed by atoms with E-state index in [9.17, 15) is 28.1 Å². The third-order valence-corrected chi connectivity index (χ3v) is 5.97. The normalized spacial score (nSPS) is 12.7. The molecule has 33 heavy (non-hydrogen) atoms. The zero-order chi connectivity index (χ0) is 24.2. The van der Waals surface area contributed by atoms with Crippen LogP contribution in [0.15, 0.2) is 41.3 Å². The number of ketones is 1. The summed E-state index contributed by atoms with van der Waals surface area (Å²) >= 11 is 0. The van der Waals surface area contributed by atoms with Crippen molar-refractivity contribution < 1.29 is 37.1 Å². The van der Waals surface area contributed by atoms with Crippen LogP contribution in [0.2, 0.25) is 0 Å². The summed E-state index contributed by atoms with van der Waals surface area (Å²) in [4.78, 5) is 35.9. The molecule has 12 nitrogen and oxygen atoms in total. The number of anilines is 1. The van der Waals surface area contributed by atoms with Gasteiger partial charge in [0.15, 0.2) is 23.9 Å². The van der Waals surface area contributed by atoms with Crippen molar-refractivity contribution in [2.45, 2.75) is 4.90 Å². The second-order valence-corrected chi connectivity index (χ2v) is 8.84. The van der Waals surface area contributed by atoms with E-state index < -0.39 is 45.5 Å². The highest BCUT2D eigenvalue weighted by Crippen LogP contribution is 2.31. The minimum atomic E-state index is -4.24. The molecule has 0 fully saturated rings. The van der Waals surface area contributed by atoms with Gasteiger partial charge in [0.2, 0.25) is 10.0 Å². The summed E-state index contributed by atoms with van der Waals surface area (Å²) in [7, 11) is -1.08. The van der Waals surface area contributed by atoms with E-state index in [-0.39, 0.29) is 16.1 Å². The number of nitro benzene ring substituents is 1. The minimum Gasteiger partial charge on any atom is -0.486 e. The van der Waals surface area contributed by atoms with Gasteiger partial charge in [0.1, 0.15) is 25.4 Å². The minimum absolute atomic E-state index is 0.219. The van der Waals surface area contributed by atoms with E-state index >= 15 is 0 Å². The van der Waals surface area contributed by atoms with Crippen molar-refractivity contribution in [2.24, 2.45) is 0 Å². The van der Waals surface area contributed by atoms with Gasteiger partial charge in [-0.1, -0.05) is 0 Å². The lowest BCUT2D eigenvalue weighted by atomic mass is 10.1.